The van der Waals surface area contributed by atoms with Crippen LogP contribution in [0.5, 0.6) is 0 Å². The van der Waals surface area contributed by atoms with E-state index in [1.807, 2.05) is 6.08 Å². The van der Waals surface area contributed by atoms with E-state index in [-0.39, 0.29) is 18.5 Å². The molecule has 0 aliphatic carbocycles. The van der Waals surface area contributed by atoms with Gasteiger partial charge in [0.25, 0.3) is 0 Å². The van der Waals surface area contributed by atoms with Crippen molar-refractivity contribution in [3.05, 3.63) is 24.3 Å². The fourth-order valence-electron chi connectivity index (χ4n) is 11.6. The zero-order chi connectivity index (χ0) is 57.8. The second-order valence-electron chi connectivity index (χ2n) is 25.3. The predicted molar refractivity (Wildman–Crippen MR) is 352 cm³/mol. The zero-order valence-electron chi connectivity index (χ0n) is 54.3. The number of esters is 1. The topological polar surface area (TPSA) is 95.9 Å². The summed E-state index contributed by atoms with van der Waals surface area (Å²) in [6.45, 7) is 4.95. The number of hydrogen-bond donors (Lipinski definition) is 3. The summed E-state index contributed by atoms with van der Waals surface area (Å²) in [6, 6.07) is -0.630. The fraction of sp³-hybridized carbons (Fsp3) is 0.919. The van der Waals surface area contributed by atoms with Gasteiger partial charge in [-0.3, -0.25) is 9.59 Å². The quantitative estimate of drug-likeness (QED) is 0.0320. The average molecular weight is 1130 g/mol. The van der Waals surface area contributed by atoms with Crippen LogP contribution in [0.25, 0.3) is 0 Å². The minimum atomic E-state index is -0.846. The molecule has 0 aromatic rings. The number of hydrogen-bond acceptors (Lipinski definition) is 5. The minimum Gasteiger partial charge on any atom is -0.466 e. The molecule has 0 fully saturated rings. The van der Waals surface area contributed by atoms with Crippen molar-refractivity contribution in [2.75, 3.05) is 13.2 Å². The number of amides is 1. The molecule has 0 bridgehead atoms. The fourth-order valence-corrected chi connectivity index (χ4v) is 11.6. The van der Waals surface area contributed by atoms with E-state index in [0.29, 0.717) is 19.4 Å². The lowest BCUT2D eigenvalue weighted by molar-refractivity contribution is -0.143. The van der Waals surface area contributed by atoms with E-state index in [2.05, 4.69) is 31.3 Å². The van der Waals surface area contributed by atoms with Gasteiger partial charge in [0, 0.05) is 12.8 Å². The van der Waals surface area contributed by atoms with E-state index in [9.17, 15) is 19.8 Å². The van der Waals surface area contributed by atoms with Crippen LogP contribution in [0.1, 0.15) is 412 Å². The minimum absolute atomic E-state index is 0.0196. The smallest absolute Gasteiger partial charge is 0.305 e. The van der Waals surface area contributed by atoms with Crippen molar-refractivity contribution < 1.29 is 24.5 Å². The summed E-state index contributed by atoms with van der Waals surface area (Å²) in [7, 11) is 0. The Balaban J connectivity index is 3.38. The summed E-state index contributed by atoms with van der Waals surface area (Å²) < 4.78 is 5.51. The zero-order valence-corrected chi connectivity index (χ0v) is 54.3. The Kier molecular flexibility index (Phi) is 68.4. The molecular weight excluding hydrogens is 983 g/mol. The highest BCUT2D eigenvalue weighted by atomic mass is 16.5. The first kappa shape index (κ1) is 78.3. The van der Waals surface area contributed by atoms with Gasteiger partial charge in [-0.2, -0.15) is 0 Å². The van der Waals surface area contributed by atoms with Crippen molar-refractivity contribution in [3.8, 4) is 0 Å². The molecule has 0 aliphatic heterocycles. The largest absolute Gasteiger partial charge is 0.466 e. The Morgan fingerprint density at radius 3 is 0.887 bits per heavy atom. The molecule has 0 saturated heterocycles. The molecule has 2 atom stereocenters. The van der Waals surface area contributed by atoms with Crippen molar-refractivity contribution in [2.45, 2.75) is 424 Å². The number of carbonyl (C=O) groups excluding carboxylic acids is 2. The van der Waals surface area contributed by atoms with Crippen molar-refractivity contribution in [1.29, 1.82) is 0 Å². The summed E-state index contributed by atoms with van der Waals surface area (Å²) in [6.07, 6.45) is 88.4. The number of ether oxygens (including phenoxy) is 1. The molecule has 3 N–H and O–H groups in total. The molecule has 0 aromatic heterocycles. The summed E-state index contributed by atoms with van der Waals surface area (Å²) in [5, 5.41) is 23.2. The van der Waals surface area contributed by atoms with E-state index in [4.69, 9.17) is 4.74 Å². The molecule has 0 radical (unpaired) electrons. The molecule has 2 unspecified atom stereocenters. The number of nitrogens with one attached hydrogen (secondary N) is 1. The van der Waals surface area contributed by atoms with E-state index < -0.39 is 12.1 Å². The van der Waals surface area contributed by atoms with Gasteiger partial charge in [0.15, 0.2) is 0 Å². The number of rotatable bonds is 69. The SMILES string of the molecule is CCCCCCCCCCCCCCCCCC/C=C/C(O)C(CO)NC(=O)CCCCCCCCCCCC/C=C\CCCCCCCCCCCCCCOC(=O)CCCCCCCCCCCCCCCCCCCCC. The highest BCUT2D eigenvalue weighted by molar-refractivity contribution is 5.76. The first-order valence-corrected chi connectivity index (χ1v) is 36.6. The molecule has 0 aromatic carbocycles. The third kappa shape index (κ3) is 65.5. The lowest BCUT2D eigenvalue weighted by Crippen LogP contribution is -2.45. The lowest BCUT2D eigenvalue weighted by Gasteiger charge is -2.20. The van der Waals surface area contributed by atoms with Crippen LogP contribution >= 0.6 is 0 Å². The summed E-state index contributed by atoms with van der Waals surface area (Å²) in [5.74, 6) is -0.0467. The maximum absolute atomic E-state index is 12.5. The van der Waals surface area contributed by atoms with Crippen molar-refractivity contribution in [2.24, 2.45) is 0 Å². The molecule has 474 valence electrons. The standard InChI is InChI=1S/C74H143NO5/c1-3-5-7-9-11-13-15-17-19-21-31-36-40-44-48-52-56-60-64-68-74(79)80-69-65-61-57-53-49-45-41-37-33-30-28-26-24-23-25-27-29-32-35-39-43-47-51-55-59-63-67-73(78)75-71(70-76)72(77)66-62-58-54-50-46-42-38-34-22-20-18-16-14-12-10-8-6-4-2/h23,25,62,66,71-72,76-77H,3-22,24,26-61,63-65,67-70H2,1-2H3,(H,75,78)/b25-23-,66-62+. The first-order valence-electron chi connectivity index (χ1n) is 36.6. The Labute approximate surface area is 501 Å². The van der Waals surface area contributed by atoms with Crippen LogP contribution in [0.15, 0.2) is 24.3 Å². The molecule has 1 amide bonds. The second-order valence-corrected chi connectivity index (χ2v) is 25.3. The molecule has 0 heterocycles. The van der Waals surface area contributed by atoms with Crippen molar-refractivity contribution >= 4 is 11.9 Å². The molecule has 0 saturated carbocycles. The maximum Gasteiger partial charge on any atom is 0.305 e. The molecule has 6 heteroatoms. The summed E-state index contributed by atoms with van der Waals surface area (Å²) >= 11 is 0. The molecule has 0 spiro atoms. The Bertz CT molecular complexity index is 1250. The number of unbranched alkanes of at least 4 members (excludes halogenated alkanes) is 56. The van der Waals surface area contributed by atoms with Crippen LogP contribution in [-0.4, -0.2) is 47.4 Å². The maximum atomic E-state index is 12.5. The third-order valence-corrected chi connectivity index (χ3v) is 17.2. The van der Waals surface area contributed by atoms with Crippen LogP contribution in [0, 0.1) is 0 Å². The molecular formula is C74H143NO5. The number of aliphatic hydroxyl groups excluding tert-OH is 2. The van der Waals surface area contributed by atoms with Gasteiger partial charge in [-0.1, -0.05) is 366 Å². The van der Waals surface area contributed by atoms with Crippen molar-refractivity contribution in [3.63, 3.8) is 0 Å². The van der Waals surface area contributed by atoms with Crippen LogP contribution in [0.4, 0.5) is 0 Å². The molecule has 6 nitrogen and oxygen atoms in total. The van der Waals surface area contributed by atoms with E-state index in [1.54, 1.807) is 6.08 Å². The van der Waals surface area contributed by atoms with Gasteiger partial charge in [0.1, 0.15) is 0 Å². The van der Waals surface area contributed by atoms with Crippen LogP contribution in [-0.2, 0) is 14.3 Å². The molecule has 0 rings (SSSR count). The highest BCUT2D eigenvalue weighted by Gasteiger charge is 2.18. The monoisotopic (exact) mass is 1130 g/mol. The number of allylic oxidation sites excluding steroid dienone is 3. The van der Waals surface area contributed by atoms with Gasteiger partial charge in [-0.25, -0.2) is 0 Å². The highest BCUT2D eigenvalue weighted by Crippen LogP contribution is 2.19. The number of carbonyl (C=O) groups is 2. The van der Waals surface area contributed by atoms with E-state index in [0.717, 1.165) is 38.5 Å². The summed E-state index contributed by atoms with van der Waals surface area (Å²) in [4.78, 5) is 24.6. The predicted octanol–water partition coefficient (Wildman–Crippen LogP) is 23.7. The van der Waals surface area contributed by atoms with Gasteiger partial charge >= 0.3 is 5.97 Å². The first-order chi connectivity index (χ1) is 39.5. The van der Waals surface area contributed by atoms with E-state index >= 15 is 0 Å². The summed E-state index contributed by atoms with van der Waals surface area (Å²) in [5.41, 5.74) is 0. The van der Waals surface area contributed by atoms with Gasteiger partial charge in [-0.05, 0) is 57.8 Å². The molecule has 80 heavy (non-hydrogen) atoms. The average Bonchev–Trinajstić information content (AvgIpc) is 3.46. The van der Waals surface area contributed by atoms with Crippen LogP contribution in [0.2, 0.25) is 0 Å². The van der Waals surface area contributed by atoms with Gasteiger partial charge in [0.05, 0.1) is 25.4 Å². The van der Waals surface area contributed by atoms with Gasteiger partial charge in [0.2, 0.25) is 5.91 Å². The van der Waals surface area contributed by atoms with E-state index in [1.165, 1.54) is 347 Å². The van der Waals surface area contributed by atoms with Crippen molar-refractivity contribution in [1.82, 2.24) is 5.32 Å². The third-order valence-electron chi connectivity index (χ3n) is 17.2. The van der Waals surface area contributed by atoms with Crippen LogP contribution < -0.4 is 5.32 Å². The van der Waals surface area contributed by atoms with Gasteiger partial charge < -0.3 is 20.3 Å². The molecule has 0 aliphatic rings. The Morgan fingerprint density at radius 2 is 0.588 bits per heavy atom. The Hall–Kier alpha value is -1.66. The van der Waals surface area contributed by atoms with Gasteiger partial charge in [-0.15, -0.1) is 0 Å². The van der Waals surface area contributed by atoms with Crippen LogP contribution in [0.3, 0.4) is 0 Å². The normalized spacial score (nSPS) is 12.6. The number of aliphatic hydroxyl groups is 2. The lowest BCUT2D eigenvalue weighted by atomic mass is 10.0. The Morgan fingerprint density at radius 1 is 0.338 bits per heavy atom. The second kappa shape index (κ2) is 69.8.